The van der Waals surface area contributed by atoms with Crippen molar-refractivity contribution in [1.29, 1.82) is 0 Å². The van der Waals surface area contributed by atoms with Crippen LogP contribution in [0.4, 0.5) is 0 Å². The number of nitrogens with two attached hydrogens (primary N) is 1. The van der Waals surface area contributed by atoms with Crippen LogP contribution < -0.4 is 10.5 Å². The van der Waals surface area contributed by atoms with Gasteiger partial charge in [0, 0.05) is 6.20 Å². The molecule has 1 aromatic rings. The van der Waals surface area contributed by atoms with E-state index < -0.39 is 22.5 Å². The van der Waals surface area contributed by atoms with E-state index in [1.807, 2.05) is 0 Å². The third-order valence-electron chi connectivity index (χ3n) is 2.01. The van der Waals surface area contributed by atoms with Crippen molar-refractivity contribution >= 4 is 33.2 Å². The van der Waals surface area contributed by atoms with E-state index in [2.05, 4.69) is 14.4 Å². The van der Waals surface area contributed by atoms with E-state index in [1.54, 1.807) is 6.92 Å². The lowest BCUT2D eigenvalue weighted by Gasteiger charge is -2.09. The third-order valence-corrected chi connectivity index (χ3v) is 3.63. The molecule has 104 valence electrons. The van der Waals surface area contributed by atoms with Gasteiger partial charge in [0.05, 0.1) is 6.61 Å². The topological polar surface area (TPSA) is 111 Å². The van der Waals surface area contributed by atoms with Gasteiger partial charge in [-0.05, 0) is 19.1 Å². The minimum absolute atomic E-state index is 0.0196. The number of nitrogens with zero attached hydrogens (tertiary/aromatic N) is 1. The first kappa shape index (κ1) is 15.5. The van der Waals surface area contributed by atoms with Gasteiger partial charge in [-0.3, -0.25) is 9.78 Å². The fraction of sp³-hybridized carbons (Fsp3) is 0.300. The number of esters is 1. The molecular formula is C10H13N3O4S2. The number of thiocarbonyl (C=S) groups is 1. The van der Waals surface area contributed by atoms with Crippen molar-refractivity contribution in [2.45, 2.75) is 11.8 Å². The molecule has 0 aliphatic heterocycles. The molecule has 9 heteroatoms. The molecule has 1 heterocycles. The minimum atomic E-state index is -3.93. The molecule has 0 aliphatic carbocycles. The van der Waals surface area contributed by atoms with Gasteiger partial charge in [-0.2, -0.15) is 4.72 Å². The Balaban J connectivity index is 2.95. The molecule has 0 radical (unpaired) electrons. The second kappa shape index (κ2) is 6.55. The normalized spacial score (nSPS) is 11.0. The zero-order chi connectivity index (χ0) is 14.5. The molecule has 0 atom stereocenters. The van der Waals surface area contributed by atoms with Gasteiger partial charge in [0.15, 0.2) is 0 Å². The Kier molecular flexibility index (Phi) is 5.33. The van der Waals surface area contributed by atoms with Gasteiger partial charge in [0.1, 0.15) is 22.1 Å². The molecule has 0 aliphatic rings. The van der Waals surface area contributed by atoms with E-state index in [0.29, 0.717) is 0 Å². The number of aromatic nitrogens is 1. The molecule has 0 amide bonds. The molecule has 7 nitrogen and oxygen atoms in total. The summed E-state index contributed by atoms with van der Waals surface area (Å²) in [4.78, 5) is 14.6. The summed E-state index contributed by atoms with van der Waals surface area (Å²) >= 11 is 4.73. The first-order chi connectivity index (χ1) is 8.88. The number of nitrogens with one attached hydrogen (secondary N) is 1. The number of ether oxygens (including phenoxy) is 1. The standard InChI is InChI=1S/C10H13N3O4S2/c1-2-17-8(14)6-13-19(15,16)7-4-3-5-12-9(7)10(11)18/h3-5,13H,2,6H2,1H3,(H2,11,18). The van der Waals surface area contributed by atoms with E-state index in [0.717, 1.165) is 0 Å². The molecule has 0 saturated heterocycles. The molecule has 1 aromatic heterocycles. The maximum Gasteiger partial charge on any atom is 0.321 e. The first-order valence-corrected chi connectivity index (χ1v) is 7.17. The zero-order valence-corrected chi connectivity index (χ0v) is 11.8. The molecule has 0 bridgehead atoms. The summed E-state index contributed by atoms with van der Waals surface area (Å²) in [5.74, 6) is -0.674. The van der Waals surface area contributed by atoms with Crippen LogP contribution in [0.25, 0.3) is 0 Å². The van der Waals surface area contributed by atoms with E-state index in [4.69, 9.17) is 18.0 Å². The van der Waals surface area contributed by atoms with Crippen molar-refractivity contribution in [1.82, 2.24) is 9.71 Å². The third kappa shape index (κ3) is 4.23. The quantitative estimate of drug-likeness (QED) is 0.541. The van der Waals surface area contributed by atoms with Gasteiger partial charge in [0.25, 0.3) is 0 Å². The lowest BCUT2D eigenvalue weighted by Crippen LogP contribution is -2.32. The van der Waals surface area contributed by atoms with Gasteiger partial charge in [-0.25, -0.2) is 8.42 Å². The van der Waals surface area contributed by atoms with Crippen LogP contribution in [0, 0.1) is 0 Å². The van der Waals surface area contributed by atoms with Crippen LogP contribution in [0.3, 0.4) is 0 Å². The second-order valence-corrected chi connectivity index (χ2v) is 5.52. The van der Waals surface area contributed by atoms with Crippen LogP contribution in [-0.2, 0) is 19.6 Å². The molecule has 0 aromatic carbocycles. The molecule has 19 heavy (non-hydrogen) atoms. The maximum absolute atomic E-state index is 12.0. The van der Waals surface area contributed by atoms with Crippen molar-refractivity contribution in [2.75, 3.05) is 13.2 Å². The monoisotopic (exact) mass is 303 g/mol. The van der Waals surface area contributed by atoms with E-state index in [1.165, 1.54) is 18.3 Å². The fourth-order valence-electron chi connectivity index (χ4n) is 1.24. The predicted octanol–water partition coefficient (Wildman–Crippen LogP) is -0.443. The number of hydrogen-bond donors (Lipinski definition) is 2. The van der Waals surface area contributed by atoms with Crippen LogP contribution in [0.15, 0.2) is 23.2 Å². The lowest BCUT2D eigenvalue weighted by atomic mass is 10.3. The van der Waals surface area contributed by atoms with Crippen LogP contribution >= 0.6 is 12.2 Å². The molecule has 3 N–H and O–H groups in total. The Hall–Kier alpha value is -1.58. The number of sulfonamides is 1. The second-order valence-electron chi connectivity index (χ2n) is 3.34. The van der Waals surface area contributed by atoms with Gasteiger partial charge in [-0.15, -0.1) is 0 Å². The van der Waals surface area contributed by atoms with E-state index >= 15 is 0 Å². The summed E-state index contributed by atoms with van der Waals surface area (Å²) in [6.45, 7) is 1.33. The fourth-order valence-corrected chi connectivity index (χ4v) is 2.60. The number of carbonyl (C=O) groups excluding carboxylic acids is 1. The summed E-state index contributed by atoms with van der Waals surface area (Å²) < 4.78 is 30.7. The number of rotatable bonds is 6. The average molecular weight is 303 g/mol. The van der Waals surface area contributed by atoms with Gasteiger partial charge >= 0.3 is 5.97 Å². The number of carbonyl (C=O) groups is 1. The van der Waals surface area contributed by atoms with Crippen molar-refractivity contribution in [3.05, 3.63) is 24.0 Å². The molecule has 0 fully saturated rings. The Labute approximate surface area is 116 Å². The van der Waals surface area contributed by atoms with Gasteiger partial charge in [0.2, 0.25) is 10.0 Å². The van der Waals surface area contributed by atoms with Gasteiger partial charge in [-0.1, -0.05) is 12.2 Å². The highest BCUT2D eigenvalue weighted by Gasteiger charge is 2.21. The molecule has 0 saturated carbocycles. The molecular weight excluding hydrogens is 290 g/mol. The summed E-state index contributed by atoms with van der Waals surface area (Å²) in [6, 6.07) is 2.73. The van der Waals surface area contributed by atoms with Crippen molar-refractivity contribution in [2.24, 2.45) is 5.73 Å². The van der Waals surface area contributed by atoms with Crippen LogP contribution in [0.2, 0.25) is 0 Å². The Bertz CT molecular complexity index is 586. The van der Waals surface area contributed by atoms with Crippen molar-refractivity contribution in [3.8, 4) is 0 Å². The maximum atomic E-state index is 12.0. The largest absolute Gasteiger partial charge is 0.465 e. The van der Waals surface area contributed by atoms with Crippen LogP contribution in [0.1, 0.15) is 12.6 Å². The highest BCUT2D eigenvalue weighted by molar-refractivity contribution is 7.89. The Morgan fingerprint density at radius 1 is 1.58 bits per heavy atom. The smallest absolute Gasteiger partial charge is 0.321 e. The van der Waals surface area contributed by atoms with E-state index in [-0.39, 0.29) is 22.2 Å². The summed E-state index contributed by atoms with van der Waals surface area (Å²) in [5, 5.41) is 0. The van der Waals surface area contributed by atoms with Crippen LogP contribution in [0.5, 0.6) is 0 Å². The van der Waals surface area contributed by atoms with Gasteiger partial charge < -0.3 is 10.5 Å². The van der Waals surface area contributed by atoms with Crippen molar-refractivity contribution in [3.63, 3.8) is 0 Å². The average Bonchev–Trinajstić information content (AvgIpc) is 2.37. The first-order valence-electron chi connectivity index (χ1n) is 5.28. The van der Waals surface area contributed by atoms with Crippen molar-refractivity contribution < 1.29 is 17.9 Å². The highest BCUT2D eigenvalue weighted by Crippen LogP contribution is 2.12. The SMILES string of the molecule is CCOC(=O)CNS(=O)(=O)c1cccnc1C(N)=S. The molecule has 1 rings (SSSR count). The zero-order valence-electron chi connectivity index (χ0n) is 10.1. The predicted molar refractivity (Wildman–Crippen MR) is 71.9 cm³/mol. The summed E-state index contributed by atoms with van der Waals surface area (Å²) in [6.07, 6.45) is 1.37. The Morgan fingerprint density at radius 2 is 2.26 bits per heavy atom. The Morgan fingerprint density at radius 3 is 2.84 bits per heavy atom. The highest BCUT2D eigenvalue weighted by atomic mass is 32.2. The lowest BCUT2D eigenvalue weighted by molar-refractivity contribution is -0.141. The molecule has 0 spiro atoms. The summed E-state index contributed by atoms with van der Waals surface area (Å²) in [7, 11) is -3.93. The minimum Gasteiger partial charge on any atom is -0.465 e. The van der Waals surface area contributed by atoms with Crippen LogP contribution in [-0.4, -0.2) is 37.5 Å². The van der Waals surface area contributed by atoms with E-state index in [9.17, 15) is 13.2 Å². The number of pyridine rings is 1. The molecule has 0 unspecified atom stereocenters. The number of hydrogen-bond acceptors (Lipinski definition) is 6. The summed E-state index contributed by atoms with van der Waals surface area (Å²) in [5.41, 5.74) is 5.38.